The molecule has 0 aliphatic carbocycles. The highest BCUT2D eigenvalue weighted by Crippen LogP contribution is 2.32. The molecule has 0 aliphatic rings. The van der Waals surface area contributed by atoms with Crippen molar-refractivity contribution in [1.82, 2.24) is 0 Å². The summed E-state index contributed by atoms with van der Waals surface area (Å²) in [5.41, 5.74) is 6.89. The minimum absolute atomic E-state index is 0.177. The maximum atomic E-state index is 13.8. The van der Waals surface area contributed by atoms with Gasteiger partial charge in [0.25, 0.3) is 0 Å². The lowest BCUT2D eigenvalue weighted by Gasteiger charge is -2.11. The fraction of sp³-hybridized carbons (Fsp3) is 0.0714. The molecule has 0 spiro atoms. The van der Waals surface area contributed by atoms with Crippen LogP contribution in [0.25, 0.3) is 11.1 Å². The maximum absolute atomic E-state index is 13.8. The SMILES string of the molecule is COC(=O)c1cc(I)c(-c2ccc(F)cc2F)cc1N. The molecule has 0 aliphatic heterocycles. The van der Waals surface area contributed by atoms with Gasteiger partial charge >= 0.3 is 5.97 Å². The first kappa shape index (κ1) is 14.7. The lowest BCUT2D eigenvalue weighted by Crippen LogP contribution is -2.06. The van der Waals surface area contributed by atoms with Crippen molar-refractivity contribution < 1.29 is 18.3 Å². The van der Waals surface area contributed by atoms with E-state index >= 15 is 0 Å². The van der Waals surface area contributed by atoms with Crippen LogP contribution in [0, 0.1) is 15.2 Å². The van der Waals surface area contributed by atoms with E-state index in [9.17, 15) is 13.6 Å². The van der Waals surface area contributed by atoms with Crippen molar-refractivity contribution in [2.24, 2.45) is 0 Å². The molecule has 20 heavy (non-hydrogen) atoms. The number of nitrogens with two attached hydrogens (primary N) is 1. The summed E-state index contributed by atoms with van der Waals surface area (Å²) in [6.45, 7) is 0. The fourth-order valence-electron chi connectivity index (χ4n) is 1.79. The fourth-order valence-corrected chi connectivity index (χ4v) is 2.55. The van der Waals surface area contributed by atoms with Crippen LogP contribution in [0.5, 0.6) is 0 Å². The van der Waals surface area contributed by atoms with E-state index in [1.54, 1.807) is 0 Å². The summed E-state index contributed by atoms with van der Waals surface area (Å²) in [6.07, 6.45) is 0. The Kier molecular flexibility index (Phi) is 4.22. The van der Waals surface area contributed by atoms with Crippen LogP contribution in [-0.2, 0) is 4.74 Å². The predicted octanol–water partition coefficient (Wildman–Crippen LogP) is 3.61. The van der Waals surface area contributed by atoms with Crippen molar-refractivity contribution in [2.75, 3.05) is 12.8 Å². The molecule has 2 aromatic rings. The Balaban J connectivity index is 2.59. The number of carbonyl (C=O) groups is 1. The molecule has 2 rings (SSSR count). The van der Waals surface area contributed by atoms with Crippen molar-refractivity contribution in [2.45, 2.75) is 0 Å². The molecule has 0 heterocycles. The summed E-state index contributed by atoms with van der Waals surface area (Å²) in [5.74, 6) is -1.90. The molecule has 0 radical (unpaired) electrons. The number of hydrogen-bond acceptors (Lipinski definition) is 3. The summed E-state index contributed by atoms with van der Waals surface area (Å²) in [7, 11) is 1.25. The third kappa shape index (κ3) is 2.74. The first-order valence-corrected chi connectivity index (χ1v) is 6.64. The van der Waals surface area contributed by atoms with Crippen LogP contribution in [0.3, 0.4) is 0 Å². The Bertz CT molecular complexity index is 689. The predicted molar refractivity (Wildman–Crippen MR) is 80.3 cm³/mol. The van der Waals surface area contributed by atoms with E-state index in [-0.39, 0.29) is 16.8 Å². The van der Waals surface area contributed by atoms with E-state index in [1.807, 2.05) is 22.6 Å². The van der Waals surface area contributed by atoms with Crippen LogP contribution in [0.1, 0.15) is 10.4 Å². The molecule has 2 N–H and O–H groups in total. The van der Waals surface area contributed by atoms with Crippen LogP contribution in [-0.4, -0.2) is 13.1 Å². The van der Waals surface area contributed by atoms with Gasteiger partial charge in [0.2, 0.25) is 0 Å². The van der Waals surface area contributed by atoms with E-state index < -0.39 is 17.6 Å². The molecule has 0 unspecified atom stereocenters. The number of methoxy groups -OCH3 is 1. The third-order valence-corrected chi connectivity index (χ3v) is 3.66. The van der Waals surface area contributed by atoms with Gasteiger partial charge in [-0.3, -0.25) is 0 Å². The topological polar surface area (TPSA) is 52.3 Å². The average molecular weight is 389 g/mol. The highest BCUT2D eigenvalue weighted by molar-refractivity contribution is 14.1. The number of halogens is 3. The van der Waals surface area contributed by atoms with E-state index in [1.165, 1.54) is 31.4 Å². The second kappa shape index (κ2) is 5.74. The van der Waals surface area contributed by atoms with Crippen LogP contribution in [0.2, 0.25) is 0 Å². The van der Waals surface area contributed by atoms with E-state index in [0.29, 0.717) is 9.13 Å². The number of anilines is 1. The van der Waals surface area contributed by atoms with Gasteiger partial charge in [-0.1, -0.05) is 0 Å². The summed E-state index contributed by atoms with van der Waals surface area (Å²) in [4.78, 5) is 11.5. The minimum Gasteiger partial charge on any atom is -0.465 e. The highest BCUT2D eigenvalue weighted by Gasteiger charge is 2.16. The number of benzene rings is 2. The number of carbonyl (C=O) groups excluding carboxylic acids is 1. The summed E-state index contributed by atoms with van der Waals surface area (Å²) >= 11 is 1.96. The molecule has 104 valence electrons. The molecule has 0 fully saturated rings. The molecular weight excluding hydrogens is 379 g/mol. The van der Waals surface area contributed by atoms with Gasteiger partial charge < -0.3 is 10.5 Å². The zero-order valence-corrected chi connectivity index (χ0v) is 12.6. The van der Waals surface area contributed by atoms with Gasteiger partial charge in [-0.25, -0.2) is 13.6 Å². The van der Waals surface area contributed by atoms with Crippen LogP contribution in [0.15, 0.2) is 30.3 Å². The van der Waals surface area contributed by atoms with Gasteiger partial charge in [0.1, 0.15) is 11.6 Å². The Morgan fingerprint density at radius 3 is 2.50 bits per heavy atom. The van der Waals surface area contributed by atoms with Crippen molar-refractivity contribution in [1.29, 1.82) is 0 Å². The molecule has 0 bridgehead atoms. The Labute approximate surface area is 127 Å². The summed E-state index contributed by atoms with van der Waals surface area (Å²) in [6, 6.07) is 6.29. The summed E-state index contributed by atoms with van der Waals surface area (Å²) < 4.78 is 32.0. The van der Waals surface area contributed by atoms with Gasteiger partial charge in [0, 0.05) is 26.5 Å². The minimum atomic E-state index is -0.687. The first-order valence-electron chi connectivity index (χ1n) is 5.56. The standard InChI is InChI=1S/C14H10F2INO2/c1-20-14(19)10-5-12(17)9(6-13(10)18)8-3-2-7(15)4-11(8)16/h2-6H,18H2,1H3. The first-order chi connectivity index (χ1) is 9.43. The van der Waals surface area contributed by atoms with E-state index in [2.05, 4.69) is 4.74 Å². The number of rotatable bonds is 2. The number of esters is 1. The molecular formula is C14H10F2INO2. The van der Waals surface area contributed by atoms with Crippen molar-refractivity contribution in [3.05, 3.63) is 51.1 Å². The van der Waals surface area contributed by atoms with Gasteiger partial charge in [-0.15, -0.1) is 0 Å². The highest BCUT2D eigenvalue weighted by atomic mass is 127. The normalized spacial score (nSPS) is 10.4. The molecule has 0 atom stereocenters. The Hall–Kier alpha value is -1.70. The van der Waals surface area contributed by atoms with Crippen LogP contribution < -0.4 is 5.73 Å². The molecule has 0 saturated heterocycles. The van der Waals surface area contributed by atoms with Crippen molar-refractivity contribution in [3.8, 4) is 11.1 Å². The van der Waals surface area contributed by atoms with Gasteiger partial charge in [-0.05, 0) is 46.9 Å². The van der Waals surface area contributed by atoms with Crippen LogP contribution >= 0.6 is 22.6 Å². The van der Waals surface area contributed by atoms with Gasteiger partial charge in [-0.2, -0.15) is 0 Å². The lowest BCUT2D eigenvalue weighted by atomic mass is 10.0. The van der Waals surface area contributed by atoms with Gasteiger partial charge in [0.05, 0.1) is 12.7 Å². The molecule has 2 aromatic carbocycles. The number of nitrogen functional groups attached to an aromatic ring is 1. The number of hydrogen-bond donors (Lipinski definition) is 1. The maximum Gasteiger partial charge on any atom is 0.339 e. The number of ether oxygens (including phenoxy) is 1. The van der Waals surface area contributed by atoms with E-state index in [0.717, 1.165) is 6.07 Å². The zero-order valence-electron chi connectivity index (χ0n) is 10.4. The summed E-state index contributed by atoms with van der Waals surface area (Å²) in [5, 5.41) is 0. The van der Waals surface area contributed by atoms with Crippen molar-refractivity contribution in [3.63, 3.8) is 0 Å². The Morgan fingerprint density at radius 2 is 1.90 bits per heavy atom. The average Bonchev–Trinajstić information content (AvgIpc) is 2.40. The third-order valence-electron chi connectivity index (χ3n) is 2.77. The van der Waals surface area contributed by atoms with Crippen LogP contribution in [0.4, 0.5) is 14.5 Å². The largest absolute Gasteiger partial charge is 0.465 e. The smallest absolute Gasteiger partial charge is 0.339 e. The quantitative estimate of drug-likeness (QED) is 0.485. The monoisotopic (exact) mass is 389 g/mol. The molecule has 0 aromatic heterocycles. The second-order valence-corrected chi connectivity index (χ2v) is 5.20. The Morgan fingerprint density at radius 1 is 1.20 bits per heavy atom. The molecule has 0 amide bonds. The van der Waals surface area contributed by atoms with E-state index in [4.69, 9.17) is 5.73 Å². The molecule has 6 heteroatoms. The molecule has 0 saturated carbocycles. The van der Waals surface area contributed by atoms with Crippen molar-refractivity contribution >= 4 is 34.2 Å². The zero-order chi connectivity index (χ0) is 14.9. The van der Waals surface area contributed by atoms with Gasteiger partial charge in [0.15, 0.2) is 0 Å². The second-order valence-electron chi connectivity index (χ2n) is 4.04. The molecule has 3 nitrogen and oxygen atoms in total. The lowest BCUT2D eigenvalue weighted by molar-refractivity contribution is 0.0602.